The van der Waals surface area contributed by atoms with E-state index in [-0.39, 0.29) is 22.9 Å². The number of amides is 1. The molecule has 158 valence electrons. The maximum Gasteiger partial charge on any atom is 0.251 e. The summed E-state index contributed by atoms with van der Waals surface area (Å²) in [6, 6.07) is 17.2. The molecule has 0 aliphatic carbocycles. The number of hydrogen-bond acceptors (Lipinski definition) is 5. The molecule has 3 rings (SSSR count). The number of benzene rings is 2. The molecule has 0 bridgehead atoms. The summed E-state index contributed by atoms with van der Waals surface area (Å²) in [6.45, 7) is 3.26. The smallest absolute Gasteiger partial charge is 0.251 e. The van der Waals surface area contributed by atoms with Crippen molar-refractivity contribution in [2.24, 2.45) is 0 Å². The second-order valence-corrected chi connectivity index (χ2v) is 9.41. The predicted octanol–water partition coefficient (Wildman–Crippen LogP) is 3.95. The summed E-state index contributed by atoms with van der Waals surface area (Å²) in [5.74, 6) is 0.455. The molecule has 0 spiro atoms. The average molecular weight is 445 g/mol. The number of thiophene rings is 1. The fraction of sp³-hybridized carbons (Fsp3) is 0.227. The van der Waals surface area contributed by atoms with Crippen molar-refractivity contribution in [3.05, 3.63) is 82.0 Å². The monoisotopic (exact) mass is 444 g/mol. The summed E-state index contributed by atoms with van der Waals surface area (Å²) >= 11 is 1.48. The lowest BCUT2D eigenvalue weighted by Gasteiger charge is -2.09. The van der Waals surface area contributed by atoms with E-state index in [1.807, 2.05) is 48.7 Å². The highest BCUT2D eigenvalue weighted by molar-refractivity contribution is 7.89. The highest BCUT2D eigenvalue weighted by Gasteiger charge is 2.16. The van der Waals surface area contributed by atoms with Gasteiger partial charge in [0.1, 0.15) is 5.75 Å². The van der Waals surface area contributed by atoms with E-state index in [4.69, 9.17) is 4.74 Å². The molecule has 6 nitrogen and oxygen atoms in total. The van der Waals surface area contributed by atoms with Gasteiger partial charge >= 0.3 is 0 Å². The number of rotatable bonds is 10. The van der Waals surface area contributed by atoms with Crippen LogP contribution in [0.15, 0.2) is 70.9 Å². The zero-order valence-corrected chi connectivity index (χ0v) is 18.3. The summed E-state index contributed by atoms with van der Waals surface area (Å²) in [7, 11) is -3.71. The molecule has 0 aliphatic rings. The van der Waals surface area contributed by atoms with Crippen LogP contribution in [-0.4, -0.2) is 20.9 Å². The second kappa shape index (κ2) is 10.4. The summed E-state index contributed by atoms with van der Waals surface area (Å²) in [5, 5.41) is 4.71. The Hall–Kier alpha value is -2.68. The second-order valence-electron chi connectivity index (χ2n) is 6.61. The zero-order chi connectivity index (χ0) is 21.4. The normalized spacial score (nSPS) is 11.2. The van der Waals surface area contributed by atoms with Crippen LogP contribution in [0.25, 0.3) is 0 Å². The molecule has 0 saturated heterocycles. The van der Waals surface area contributed by atoms with Crippen LogP contribution < -0.4 is 14.8 Å². The minimum absolute atomic E-state index is 0.0594. The third kappa shape index (κ3) is 6.16. The van der Waals surface area contributed by atoms with E-state index in [9.17, 15) is 13.2 Å². The standard InChI is InChI=1S/C22H24N2O4S2/c1-2-12-28-19-10-8-17(9-11-19)15-23-22(25)18-5-3-7-21(14-18)30(26,27)24-16-20-6-4-13-29-20/h3-11,13-14,24H,2,12,15-16H2,1H3,(H,23,25). The van der Waals surface area contributed by atoms with Crippen LogP contribution in [0.3, 0.4) is 0 Å². The Morgan fingerprint density at radius 2 is 1.83 bits per heavy atom. The maximum atomic E-state index is 12.5. The SMILES string of the molecule is CCCOc1ccc(CNC(=O)c2cccc(S(=O)(=O)NCc3cccs3)c2)cc1. The van der Waals surface area contributed by atoms with Crippen LogP contribution >= 0.6 is 11.3 Å². The fourth-order valence-electron chi connectivity index (χ4n) is 2.67. The molecule has 0 unspecified atom stereocenters. The Morgan fingerprint density at radius 1 is 1.03 bits per heavy atom. The Labute approximate surface area is 181 Å². The highest BCUT2D eigenvalue weighted by Crippen LogP contribution is 2.15. The summed E-state index contributed by atoms with van der Waals surface area (Å²) in [4.78, 5) is 13.5. The first-order valence-corrected chi connectivity index (χ1v) is 12.0. The summed E-state index contributed by atoms with van der Waals surface area (Å²) in [5.41, 5.74) is 1.21. The van der Waals surface area contributed by atoms with Gasteiger partial charge in [0.2, 0.25) is 10.0 Å². The topological polar surface area (TPSA) is 84.5 Å². The van der Waals surface area contributed by atoms with Crippen molar-refractivity contribution in [1.82, 2.24) is 10.0 Å². The minimum atomic E-state index is -3.71. The van der Waals surface area contributed by atoms with Crippen LogP contribution in [0, 0.1) is 0 Å². The molecular formula is C22H24N2O4S2. The minimum Gasteiger partial charge on any atom is -0.494 e. The molecule has 2 N–H and O–H groups in total. The van der Waals surface area contributed by atoms with Crippen molar-refractivity contribution in [3.8, 4) is 5.75 Å². The van der Waals surface area contributed by atoms with Crippen LogP contribution in [0.1, 0.15) is 34.1 Å². The third-order valence-corrected chi connectivity index (χ3v) is 6.55. The zero-order valence-electron chi connectivity index (χ0n) is 16.6. The maximum absolute atomic E-state index is 12.5. The molecule has 1 heterocycles. The molecule has 2 aromatic carbocycles. The molecule has 0 radical (unpaired) electrons. The number of sulfonamides is 1. The number of ether oxygens (including phenoxy) is 1. The third-order valence-electron chi connectivity index (χ3n) is 4.27. The molecular weight excluding hydrogens is 420 g/mol. The predicted molar refractivity (Wildman–Crippen MR) is 118 cm³/mol. The Balaban J connectivity index is 1.60. The fourth-order valence-corrected chi connectivity index (χ4v) is 4.46. The van der Waals surface area contributed by atoms with Gasteiger partial charge in [-0.15, -0.1) is 11.3 Å². The lowest BCUT2D eigenvalue weighted by Crippen LogP contribution is -2.25. The van der Waals surface area contributed by atoms with Crippen molar-refractivity contribution in [2.45, 2.75) is 31.3 Å². The molecule has 0 atom stereocenters. The number of hydrogen-bond donors (Lipinski definition) is 2. The van der Waals surface area contributed by atoms with Crippen molar-refractivity contribution in [1.29, 1.82) is 0 Å². The molecule has 0 aliphatic heterocycles. The van der Waals surface area contributed by atoms with E-state index in [0.29, 0.717) is 13.2 Å². The first kappa shape index (κ1) is 22.0. The first-order valence-electron chi connectivity index (χ1n) is 9.60. The van der Waals surface area contributed by atoms with E-state index >= 15 is 0 Å². The molecule has 8 heteroatoms. The van der Waals surface area contributed by atoms with Gasteiger partial charge in [0, 0.05) is 23.5 Å². The van der Waals surface area contributed by atoms with Crippen molar-refractivity contribution in [2.75, 3.05) is 6.61 Å². The van der Waals surface area contributed by atoms with Gasteiger partial charge < -0.3 is 10.1 Å². The van der Waals surface area contributed by atoms with E-state index in [1.165, 1.54) is 23.5 Å². The number of carbonyl (C=O) groups excluding carboxylic acids is 1. The Bertz CT molecular complexity index is 1060. The van der Waals surface area contributed by atoms with Crippen molar-refractivity contribution in [3.63, 3.8) is 0 Å². The van der Waals surface area contributed by atoms with Gasteiger partial charge in [-0.05, 0) is 53.8 Å². The molecule has 1 amide bonds. The molecule has 30 heavy (non-hydrogen) atoms. The van der Waals surface area contributed by atoms with E-state index < -0.39 is 10.0 Å². The Morgan fingerprint density at radius 3 is 2.53 bits per heavy atom. The summed E-state index contributed by atoms with van der Waals surface area (Å²) < 4.78 is 33.2. The number of carbonyl (C=O) groups is 1. The van der Waals surface area contributed by atoms with Gasteiger partial charge in [-0.3, -0.25) is 4.79 Å². The quantitative estimate of drug-likeness (QED) is 0.496. The van der Waals surface area contributed by atoms with Gasteiger partial charge in [-0.25, -0.2) is 13.1 Å². The van der Waals surface area contributed by atoms with Crippen molar-refractivity contribution < 1.29 is 17.9 Å². The van der Waals surface area contributed by atoms with Gasteiger partial charge in [0.25, 0.3) is 5.91 Å². The Kier molecular flexibility index (Phi) is 7.62. The van der Waals surface area contributed by atoms with Gasteiger partial charge in [0.05, 0.1) is 11.5 Å². The largest absolute Gasteiger partial charge is 0.494 e. The van der Waals surface area contributed by atoms with E-state index in [2.05, 4.69) is 10.0 Å². The van der Waals surface area contributed by atoms with Gasteiger partial charge in [0.15, 0.2) is 0 Å². The van der Waals surface area contributed by atoms with Gasteiger partial charge in [-0.1, -0.05) is 31.2 Å². The van der Waals surface area contributed by atoms with Crippen LogP contribution in [0.2, 0.25) is 0 Å². The van der Waals surface area contributed by atoms with Crippen LogP contribution in [0.5, 0.6) is 5.75 Å². The summed E-state index contributed by atoms with van der Waals surface area (Å²) in [6.07, 6.45) is 0.941. The molecule has 3 aromatic rings. The molecule has 0 saturated carbocycles. The van der Waals surface area contributed by atoms with Crippen LogP contribution in [-0.2, 0) is 23.1 Å². The molecule has 0 fully saturated rings. The van der Waals surface area contributed by atoms with E-state index in [1.54, 1.807) is 12.1 Å². The first-order chi connectivity index (χ1) is 14.5. The highest BCUT2D eigenvalue weighted by atomic mass is 32.2. The van der Waals surface area contributed by atoms with Gasteiger partial charge in [-0.2, -0.15) is 0 Å². The van der Waals surface area contributed by atoms with E-state index in [0.717, 1.165) is 22.6 Å². The van der Waals surface area contributed by atoms with Crippen LogP contribution in [0.4, 0.5) is 0 Å². The average Bonchev–Trinajstić information content (AvgIpc) is 3.29. The lowest BCUT2D eigenvalue weighted by atomic mass is 10.2. The number of nitrogens with one attached hydrogen (secondary N) is 2. The molecule has 1 aromatic heterocycles. The lowest BCUT2D eigenvalue weighted by molar-refractivity contribution is 0.0950. The van der Waals surface area contributed by atoms with Crippen molar-refractivity contribution >= 4 is 27.3 Å².